The number of alkyl halides is 1. The number of pyridine rings is 2. The predicted octanol–water partition coefficient (Wildman–Crippen LogP) is 5.07. The summed E-state index contributed by atoms with van der Waals surface area (Å²) in [6, 6.07) is 12.8. The fourth-order valence-electron chi connectivity index (χ4n) is 3.95. The fraction of sp³-hybridized carbons (Fsp3) is 0.241. The maximum absolute atomic E-state index is 13.6. The molecule has 20 heteroatoms. The van der Waals surface area contributed by atoms with Gasteiger partial charge in [0.1, 0.15) is 18.9 Å². The van der Waals surface area contributed by atoms with E-state index in [1.165, 1.54) is 25.6 Å². The average molecular weight is 915 g/mol. The van der Waals surface area contributed by atoms with E-state index in [0.29, 0.717) is 23.4 Å². The summed E-state index contributed by atoms with van der Waals surface area (Å²) in [5, 5.41) is 13.6. The van der Waals surface area contributed by atoms with E-state index < -0.39 is 16.2 Å². The molecule has 0 radical (unpaired) electrons. The highest BCUT2D eigenvalue weighted by atomic mass is 127. The highest BCUT2D eigenvalue weighted by Crippen LogP contribution is 2.41. The summed E-state index contributed by atoms with van der Waals surface area (Å²) in [6.07, 6.45) is 3.65. The van der Waals surface area contributed by atoms with E-state index in [2.05, 4.69) is 67.9 Å². The Kier molecular flexibility index (Phi) is 12.6. The number of aromatic amines is 1. The Balaban J connectivity index is 1.55. The molecule has 4 aromatic heterocycles. The monoisotopic (exact) mass is 915 g/mol. The number of para-hydroxylation sites is 2. The molecule has 0 saturated carbocycles. The maximum atomic E-state index is 13.6. The largest absolute Gasteiger partial charge is 0.508 e. The Bertz CT molecular complexity index is 1970. The number of carbonyl (C=O) groups is 1. The number of rotatable bonds is 16. The van der Waals surface area contributed by atoms with Gasteiger partial charge in [0, 0.05) is 21.5 Å². The van der Waals surface area contributed by atoms with Gasteiger partial charge < -0.3 is 23.7 Å². The summed E-state index contributed by atoms with van der Waals surface area (Å²) in [4.78, 5) is 29.5. The second kappa shape index (κ2) is 17.3. The number of unbranched alkanes of at least 4 members (excludes halogenated alkanes) is 1. The summed E-state index contributed by atoms with van der Waals surface area (Å²) in [5.74, 6) is 0.0563. The molecule has 0 bridgehead atoms. The molecule has 0 atom stereocenters. The van der Waals surface area contributed by atoms with E-state index in [1.807, 2.05) is 22.6 Å². The van der Waals surface area contributed by atoms with Crippen molar-refractivity contribution in [2.75, 3.05) is 36.1 Å². The van der Waals surface area contributed by atoms with Gasteiger partial charge in [0.15, 0.2) is 28.2 Å². The average Bonchev–Trinajstić information content (AvgIpc) is 3.65. The topological polar surface area (TPSA) is 215 Å². The molecule has 5 aromatic rings. The lowest BCUT2D eigenvalue weighted by Crippen LogP contribution is -2.18. The molecule has 4 heterocycles. The number of hydrogen-bond acceptors (Lipinski definition) is 15. The van der Waals surface area contributed by atoms with Gasteiger partial charge in [-0.1, -0.05) is 34.7 Å². The Morgan fingerprint density at radius 2 is 1.78 bits per heavy atom. The van der Waals surface area contributed by atoms with Gasteiger partial charge in [-0.25, -0.2) is 14.8 Å². The first-order valence-electron chi connectivity index (χ1n) is 14.3. The summed E-state index contributed by atoms with van der Waals surface area (Å²) >= 11 is 4.26. The number of halogens is 2. The molecular weight excluding hydrogens is 888 g/mol. The second-order valence-corrected chi connectivity index (χ2v) is 13.5. The Labute approximate surface area is 307 Å². The third-order valence-electron chi connectivity index (χ3n) is 6.20. The zero-order chi connectivity index (χ0) is 34.6. The molecule has 256 valence electrons. The van der Waals surface area contributed by atoms with Crippen LogP contribution in [-0.4, -0.2) is 86.5 Å². The lowest BCUT2D eigenvalue weighted by Gasteiger charge is -2.18. The highest BCUT2D eigenvalue weighted by Gasteiger charge is 2.26. The summed E-state index contributed by atoms with van der Waals surface area (Å²) in [7, 11) is -2.87. The lowest BCUT2D eigenvalue weighted by molar-refractivity contribution is 0.0448. The van der Waals surface area contributed by atoms with Crippen LogP contribution in [0.1, 0.15) is 12.8 Å². The SMILES string of the molecule is COc1ccccc1Oc1c(NS(=O)(=O)c2ccc(I)cn2)nc(-c2ccnc(-c3nn[nH]n3)c2)nc1OCCOC(=O)OCCCCI. The minimum Gasteiger partial charge on any atom is -0.493 e. The molecule has 0 unspecified atom stereocenters. The van der Waals surface area contributed by atoms with Crippen LogP contribution in [0, 0.1) is 3.57 Å². The number of ether oxygens (including phenoxy) is 5. The third-order valence-corrected chi connectivity index (χ3v) is 8.86. The van der Waals surface area contributed by atoms with Gasteiger partial charge in [-0.2, -0.15) is 18.6 Å². The number of methoxy groups -OCH3 is 1. The molecule has 0 aliphatic heterocycles. The molecule has 0 saturated heterocycles. The van der Waals surface area contributed by atoms with Crippen LogP contribution in [0.5, 0.6) is 23.1 Å². The first kappa shape index (κ1) is 35.8. The molecule has 1 aromatic carbocycles. The number of aromatic nitrogens is 8. The first-order chi connectivity index (χ1) is 23.8. The molecule has 2 N–H and O–H groups in total. The summed E-state index contributed by atoms with van der Waals surface area (Å²) < 4.78 is 59.2. The van der Waals surface area contributed by atoms with Crippen molar-refractivity contribution in [3.8, 4) is 46.0 Å². The Morgan fingerprint density at radius 1 is 0.959 bits per heavy atom. The number of carbonyl (C=O) groups excluding carboxylic acids is 1. The number of H-pyrrole nitrogens is 1. The van der Waals surface area contributed by atoms with Crippen LogP contribution in [0.3, 0.4) is 0 Å². The van der Waals surface area contributed by atoms with Gasteiger partial charge in [0.25, 0.3) is 15.9 Å². The van der Waals surface area contributed by atoms with Crippen LogP contribution in [0.15, 0.2) is 66.0 Å². The van der Waals surface area contributed by atoms with Gasteiger partial charge in [-0.05, 0) is 81.5 Å². The smallest absolute Gasteiger partial charge is 0.493 e. The number of anilines is 1. The van der Waals surface area contributed by atoms with Gasteiger partial charge in [-0.15, -0.1) is 10.2 Å². The van der Waals surface area contributed by atoms with Gasteiger partial charge in [0.05, 0.1) is 13.7 Å². The molecule has 0 amide bonds. The van der Waals surface area contributed by atoms with Crippen molar-refractivity contribution in [3.63, 3.8) is 0 Å². The van der Waals surface area contributed by atoms with E-state index in [-0.39, 0.29) is 59.7 Å². The van der Waals surface area contributed by atoms with E-state index in [0.717, 1.165) is 14.4 Å². The minimum atomic E-state index is -4.32. The first-order valence-corrected chi connectivity index (χ1v) is 18.4. The number of nitrogens with zero attached hydrogens (tertiary/aromatic N) is 7. The van der Waals surface area contributed by atoms with Crippen molar-refractivity contribution in [3.05, 3.63) is 64.5 Å². The number of hydrogen-bond donors (Lipinski definition) is 2. The number of benzene rings is 1. The molecule has 17 nitrogen and oxygen atoms in total. The van der Waals surface area contributed by atoms with Crippen LogP contribution in [0.25, 0.3) is 22.9 Å². The van der Waals surface area contributed by atoms with Crippen molar-refractivity contribution >= 4 is 67.2 Å². The normalized spacial score (nSPS) is 11.1. The molecule has 0 spiro atoms. The zero-order valence-electron chi connectivity index (χ0n) is 25.6. The number of nitrogens with one attached hydrogen (secondary N) is 2. The van der Waals surface area contributed by atoms with Gasteiger partial charge in [-0.3, -0.25) is 9.71 Å². The van der Waals surface area contributed by atoms with E-state index in [1.54, 1.807) is 42.5 Å². The van der Waals surface area contributed by atoms with Crippen molar-refractivity contribution < 1.29 is 36.9 Å². The van der Waals surface area contributed by atoms with Crippen LogP contribution in [-0.2, 0) is 19.5 Å². The lowest BCUT2D eigenvalue weighted by atomic mass is 10.2. The standard InChI is InChI=1S/C29H27I2N9O8S/c1-44-21-6-2-3-7-22(21)48-24-27(38-49(42,43)23-9-8-19(31)17-33-23)34-25(18-10-12-32-20(16-18)26-36-39-40-37-26)35-28(24)45-14-15-47-29(41)46-13-5-4-11-30/h2-3,6-10,12,16-17H,4-5,11,13-15H2,1H3,(H,34,35,38)(H,36,37,39,40). The molecule has 5 rings (SSSR count). The van der Waals surface area contributed by atoms with E-state index in [9.17, 15) is 13.2 Å². The number of tetrazole rings is 1. The summed E-state index contributed by atoms with van der Waals surface area (Å²) in [6.45, 7) is -0.202. The van der Waals surface area contributed by atoms with Crippen molar-refractivity contribution in [2.45, 2.75) is 17.9 Å². The van der Waals surface area contributed by atoms with Crippen LogP contribution >= 0.6 is 45.2 Å². The highest BCUT2D eigenvalue weighted by molar-refractivity contribution is 14.1. The minimum absolute atomic E-state index is 0.0124. The second-order valence-electron chi connectivity index (χ2n) is 9.56. The Morgan fingerprint density at radius 3 is 2.51 bits per heavy atom. The number of sulfonamides is 1. The fourth-order valence-corrected chi connectivity index (χ4v) is 5.75. The van der Waals surface area contributed by atoms with Crippen LogP contribution in [0.4, 0.5) is 10.6 Å². The van der Waals surface area contributed by atoms with E-state index in [4.69, 9.17) is 23.7 Å². The third kappa shape index (κ3) is 9.81. The van der Waals surface area contributed by atoms with Crippen LogP contribution in [0.2, 0.25) is 0 Å². The molecule has 0 aliphatic rings. The van der Waals surface area contributed by atoms with Crippen molar-refractivity contribution in [2.24, 2.45) is 0 Å². The molecule has 0 aliphatic carbocycles. The molecule has 0 fully saturated rings. The van der Waals surface area contributed by atoms with Crippen LogP contribution < -0.4 is 18.9 Å². The zero-order valence-corrected chi connectivity index (χ0v) is 30.7. The molecular formula is C29H27I2N9O8S. The van der Waals surface area contributed by atoms with Crippen molar-refractivity contribution in [1.29, 1.82) is 0 Å². The predicted molar refractivity (Wildman–Crippen MR) is 190 cm³/mol. The van der Waals surface area contributed by atoms with Gasteiger partial charge >= 0.3 is 6.16 Å². The molecule has 49 heavy (non-hydrogen) atoms. The van der Waals surface area contributed by atoms with E-state index >= 15 is 0 Å². The van der Waals surface area contributed by atoms with Crippen molar-refractivity contribution in [1.82, 2.24) is 40.6 Å². The quantitative estimate of drug-likeness (QED) is 0.0572. The van der Waals surface area contributed by atoms with Gasteiger partial charge in [0.2, 0.25) is 11.6 Å². The maximum Gasteiger partial charge on any atom is 0.508 e. The summed E-state index contributed by atoms with van der Waals surface area (Å²) in [5.41, 5.74) is 0.727. The Hall–Kier alpha value is -4.45.